The Labute approximate surface area is 101 Å². The summed E-state index contributed by atoms with van der Waals surface area (Å²) in [4.78, 5) is 25.8. The maximum Gasteiger partial charge on any atom is 0.410 e. The van der Waals surface area contributed by atoms with E-state index in [4.69, 9.17) is 4.74 Å². The second-order valence-corrected chi connectivity index (χ2v) is 6.57. The second kappa shape index (κ2) is 3.24. The molecule has 4 nitrogen and oxygen atoms in total. The number of Topliss-reactive ketones (excluding diaryl/α,β-unsaturated/α-hetero) is 1. The summed E-state index contributed by atoms with van der Waals surface area (Å²) in [6, 6.07) is -0.173. The summed E-state index contributed by atoms with van der Waals surface area (Å²) in [6.45, 7) is 6.28. The van der Waals surface area contributed by atoms with Crippen LogP contribution in [0.15, 0.2) is 0 Å². The van der Waals surface area contributed by atoms with E-state index in [0.717, 1.165) is 12.8 Å². The van der Waals surface area contributed by atoms with Crippen LogP contribution in [0, 0.1) is 17.8 Å². The molecule has 0 unspecified atom stereocenters. The number of ketones is 1. The molecule has 4 atom stereocenters. The highest BCUT2D eigenvalue weighted by Crippen LogP contribution is 2.53. The van der Waals surface area contributed by atoms with Gasteiger partial charge in [-0.25, -0.2) is 4.79 Å². The van der Waals surface area contributed by atoms with Crippen LogP contribution in [0.4, 0.5) is 4.79 Å². The molecule has 3 rings (SSSR count). The van der Waals surface area contributed by atoms with Crippen LogP contribution in [0.5, 0.6) is 0 Å². The Kier molecular flexibility index (Phi) is 2.11. The molecule has 1 saturated heterocycles. The molecule has 0 aromatic carbocycles. The number of amides is 1. The smallest absolute Gasteiger partial charge is 0.410 e. The first-order chi connectivity index (χ1) is 7.87. The highest BCUT2D eigenvalue weighted by molar-refractivity contribution is 5.93. The third-order valence-corrected chi connectivity index (χ3v) is 4.24. The van der Waals surface area contributed by atoms with Gasteiger partial charge in [0, 0.05) is 12.5 Å². The van der Waals surface area contributed by atoms with E-state index in [1.807, 2.05) is 20.8 Å². The molecule has 0 N–H and O–H groups in total. The Morgan fingerprint density at radius 2 is 2.06 bits per heavy atom. The van der Waals surface area contributed by atoms with Crippen LogP contribution in [0.25, 0.3) is 0 Å². The number of fused-ring (bicyclic) bond motifs is 1. The minimum absolute atomic E-state index is 0.173. The van der Waals surface area contributed by atoms with Gasteiger partial charge in [0.05, 0.1) is 6.04 Å². The number of ether oxygens (including phenoxy) is 1. The van der Waals surface area contributed by atoms with Crippen LogP contribution in [0.3, 0.4) is 0 Å². The van der Waals surface area contributed by atoms with E-state index in [2.05, 4.69) is 0 Å². The molecule has 2 saturated carbocycles. The predicted octanol–water partition coefficient (Wildman–Crippen LogP) is 1.83. The van der Waals surface area contributed by atoms with E-state index in [0.29, 0.717) is 18.4 Å². The summed E-state index contributed by atoms with van der Waals surface area (Å²) in [5.41, 5.74) is -0.486. The fourth-order valence-corrected chi connectivity index (χ4v) is 3.70. The fourth-order valence-electron chi connectivity index (χ4n) is 3.70. The number of hydrogen-bond donors (Lipinski definition) is 0. The first-order valence-electron chi connectivity index (χ1n) is 6.40. The van der Waals surface area contributed by atoms with Gasteiger partial charge in [-0.3, -0.25) is 9.69 Å². The number of hydrogen-bond acceptors (Lipinski definition) is 3. The monoisotopic (exact) mass is 237 g/mol. The zero-order valence-corrected chi connectivity index (χ0v) is 10.6. The van der Waals surface area contributed by atoms with Crippen molar-refractivity contribution in [3.63, 3.8) is 0 Å². The van der Waals surface area contributed by atoms with Crippen molar-refractivity contribution in [1.29, 1.82) is 0 Å². The molecule has 1 heterocycles. The third kappa shape index (κ3) is 1.57. The Morgan fingerprint density at radius 3 is 2.65 bits per heavy atom. The first-order valence-corrected chi connectivity index (χ1v) is 6.40. The van der Waals surface area contributed by atoms with Crippen molar-refractivity contribution < 1.29 is 14.3 Å². The summed E-state index contributed by atoms with van der Waals surface area (Å²) in [7, 11) is 0. The van der Waals surface area contributed by atoms with Crippen LogP contribution in [0.2, 0.25) is 0 Å². The third-order valence-electron chi connectivity index (χ3n) is 4.24. The highest BCUT2D eigenvalue weighted by Gasteiger charge is 2.60. The van der Waals surface area contributed by atoms with Gasteiger partial charge >= 0.3 is 6.09 Å². The average molecular weight is 237 g/mol. The molecule has 0 aromatic rings. The van der Waals surface area contributed by atoms with Gasteiger partial charge in [0.1, 0.15) is 5.60 Å². The van der Waals surface area contributed by atoms with Crippen molar-refractivity contribution in [3.05, 3.63) is 0 Å². The molecule has 4 heteroatoms. The van der Waals surface area contributed by atoms with Crippen LogP contribution < -0.4 is 0 Å². The van der Waals surface area contributed by atoms with Crippen LogP contribution in [-0.4, -0.2) is 35.0 Å². The van der Waals surface area contributed by atoms with Gasteiger partial charge in [-0.15, -0.1) is 0 Å². The first kappa shape index (κ1) is 11.1. The average Bonchev–Trinajstić information content (AvgIpc) is 2.73. The molecule has 0 radical (unpaired) electrons. The van der Waals surface area contributed by atoms with E-state index in [-0.39, 0.29) is 23.8 Å². The molecule has 2 aliphatic carbocycles. The van der Waals surface area contributed by atoms with Crippen molar-refractivity contribution in [3.8, 4) is 0 Å². The zero-order valence-electron chi connectivity index (χ0n) is 10.6. The van der Waals surface area contributed by atoms with Crippen molar-refractivity contribution in [2.45, 2.75) is 45.3 Å². The van der Waals surface area contributed by atoms with Crippen molar-refractivity contribution >= 4 is 11.9 Å². The Balaban J connectivity index is 1.78. The second-order valence-electron chi connectivity index (χ2n) is 6.57. The summed E-state index contributed by atoms with van der Waals surface area (Å²) < 4.78 is 5.38. The Bertz CT molecular complexity index is 383. The molecule has 0 spiro atoms. The molecular formula is C13H19NO3. The Hall–Kier alpha value is -1.06. The number of rotatable bonds is 0. The number of carbonyl (C=O) groups is 2. The predicted molar refractivity (Wildman–Crippen MR) is 61.4 cm³/mol. The van der Waals surface area contributed by atoms with Crippen LogP contribution in [-0.2, 0) is 9.53 Å². The van der Waals surface area contributed by atoms with Crippen LogP contribution >= 0.6 is 0 Å². The van der Waals surface area contributed by atoms with Gasteiger partial charge < -0.3 is 4.74 Å². The highest BCUT2D eigenvalue weighted by atomic mass is 16.6. The zero-order chi connectivity index (χ0) is 12.4. The normalized spacial score (nSPS) is 39.0. The van der Waals surface area contributed by atoms with E-state index in [9.17, 15) is 9.59 Å². The molecule has 17 heavy (non-hydrogen) atoms. The van der Waals surface area contributed by atoms with E-state index in [1.54, 1.807) is 4.90 Å². The minimum atomic E-state index is -0.486. The lowest BCUT2D eigenvalue weighted by molar-refractivity contribution is -0.125. The summed E-state index contributed by atoms with van der Waals surface area (Å²) in [5, 5.41) is 0. The van der Waals surface area contributed by atoms with Crippen molar-refractivity contribution in [2.75, 3.05) is 6.54 Å². The van der Waals surface area contributed by atoms with Crippen LogP contribution in [0.1, 0.15) is 33.6 Å². The standard InChI is InChI=1S/C13H19NO3/c1-13(2,3)17-12(16)14-6-8-4-7-5-9(8)10(14)11(7)15/h7-10H,4-6H2,1-3H3/t7-,8-,9+,10+/m0/s1. The molecule has 0 aromatic heterocycles. The molecule has 94 valence electrons. The van der Waals surface area contributed by atoms with E-state index >= 15 is 0 Å². The number of likely N-dealkylation sites (tertiary alicyclic amines) is 1. The number of carbonyl (C=O) groups excluding carboxylic acids is 2. The maximum absolute atomic E-state index is 12.1. The fraction of sp³-hybridized carbons (Fsp3) is 0.846. The van der Waals surface area contributed by atoms with Crippen molar-refractivity contribution in [2.24, 2.45) is 17.8 Å². The van der Waals surface area contributed by atoms with E-state index < -0.39 is 5.60 Å². The minimum Gasteiger partial charge on any atom is -0.444 e. The topological polar surface area (TPSA) is 46.6 Å². The van der Waals surface area contributed by atoms with E-state index in [1.165, 1.54) is 0 Å². The largest absolute Gasteiger partial charge is 0.444 e. The van der Waals surface area contributed by atoms with Gasteiger partial charge in [0.2, 0.25) is 0 Å². The lowest BCUT2D eigenvalue weighted by Gasteiger charge is -2.27. The molecular weight excluding hydrogens is 218 g/mol. The molecule has 1 amide bonds. The van der Waals surface area contributed by atoms with Gasteiger partial charge in [-0.05, 0) is 45.4 Å². The van der Waals surface area contributed by atoms with Crippen molar-refractivity contribution in [1.82, 2.24) is 4.90 Å². The quantitative estimate of drug-likeness (QED) is 0.645. The lowest BCUT2D eigenvalue weighted by Crippen LogP contribution is -2.43. The number of nitrogens with zero attached hydrogens (tertiary/aromatic N) is 1. The maximum atomic E-state index is 12.1. The Morgan fingerprint density at radius 1 is 1.35 bits per heavy atom. The molecule has 2 bridgehead atoms. The van der Waals surface area contributed by atoms with Gasteiger partial charge in [-0.1, -0.05) is 0 Å². The molecule has 3 fully saturated rings. The summed E-state index contributed by atoms with van der Waals surface area (Å²) >= 11 is 0. The van der Waals surface area contributed by atoms with Gasteiger partial charge in [0.25, 0.3) is 0 Å². The van der Waals surface area contributed by atoms with Gasteiger partial charge in [-0.2, -0.15) is 0 Å². The SMILES string of the molecule is CC(C)(C)OC(=O)N1C[C@@H]2C[C@H]3C[C@H]2[C@@H]1C3=O. The van der Waals surface area contributed by atoms with Gasteiger partial charge in [0.15, 0.2) is 5.78 Å². The lowest BCUT2D eigenvalue weighted by atomic mass is 9.89. The summed E-state index contributed by atoms with van der Waals surface area (Å²) in [5.74, 6) is 1.45. The molecule has 3 aliphatic rings. The molecule has 1 aliphatic heterocycles. The summed E-state index contributed by atoms with van der Waals surface area (Å²) in [6.07, 6.45) is 1.66.